The molecule has 20 heavy (non-hydrogen) atoms. The second-order valence-electron chi connectivity index (χ2n) is 5.74. The van der Waals surface area contributed by atoms with Crippen molar-refractivity contribution in [1.29, 1.82) is 0 Å². The smallest absolute Gasteiger partial charge is 0.151 e. The highest BCUT2D eigenvalue weighted by atomic mass is 15.3. The van der Waals surface area contributed by atoms with E-state index < -0.39 is 0 Å². The first kappa shape index (κ1) is 15.2. The van der Waals surface area contributed by atoms with Crippen LogP contribution in [0.4, 0.5) is 5.82 Å². The molecule has 0 amide bonds. The van der Waals surface area contributed by atoms with Crippen molar-refractivity contribution in [2.45, 2.75) is 52.5 Å². The Morgan fingerprint density at radius 2 is 2.10 bits per heavy atom. The maximum absolute atomic E-state index is 4.40. The predicted octanol–water partition coefficient (Wildman–Crippen LogP) is 2.99. The zero-order valence-corrected chi connectivity index (χ0v) is 12.9. The summed E-state index contributed by atoms with van der Waals surface area (Å²) in [6, 6.07) is 4.22. The fourth-order valence-corrected chi connectivity index (χ4v) is 2.96. The van der Waals surface area contributed by atoms with E-state index in [0.717, 1.165) is 43.6 Å². The third-order valence-corrected chi connectivity index (χ3v) is 4.13. The molecule has 0 bridgehead atoms. The van der Waals surface area contributed by atoms with Gasteiger partial charge < -0.3 is 10.2 Å². The number of rotatable bonds is 6. The van der Waals surface area contributed by atoms with Gasteiger partial charge in [-0.05, 0) is 43.9 Å². The summed E-state index contributed by atoms with van der Waals surface area (Å²) in [4.78, 5) is 2.40. The maximum Gasteiger partial charge on any atom is 0.151 e. The molecule has 4 nitrogen and oxygen atoms in total. The van der Waals surface area contributed by atoms with Crippen LogP contribution in [0, 0.1) is 5.92 Å². The Kier molecular flexibility index (Phi) is 6.25. The number of nitrogens with zero attached hydrogens (tertiary/aromatic N) is 3. The van der Waals surface area contributed by atoms with Crippen molar-refractivity contribution in [1.82, 2.24) is 15.5 Å². The fourth-order valence-electron chi connectivity index (χ4n) is 2.96. The van der Waals surface area contributed by atoms with Crippen molar-refractivity contribution in [3.05, 3.63) is 17.8 Å². The molecule has 1 aliphatic rings. The molecule has 0 spiro atoms. The van der Waals surface area contributed by atoms with Gasteiger partial charge in [0.25, 0.3) is 0 Å². The Balaban J connectivity index is 1.90. The van der Waals surface area contributed by atoms with Gasteiger partial charge in [0.05, 0.1) is 5.69 Å². The van der Waals surface area contributed by atoms with Crippen LogP contribution in [0.25, 0.3) is 0 Å². The quantitative estimate of drug-likeness (QED) is 0.867. The summed E-state index contributed by atoms with van der Waals surface area (Å²) in [5.41, 5.74) is 1.02. The van der Waals surface area contributed by atoms with Crippen LogP contribution in [0.15, 0.2) is 12.1 Å². The largest absolute Gasteiger partial charge is 0.355 e. The third kappa shape index (κ3) is 4.44. The zero-order valence-electron chi connectivity index (χ0n) is 12.9. The predicted molar refractivity (Wildman–Crippen MR) is 83.9 cm³/mol. The van der Waals surface area contributed by atoms with Crippen LogP contribution in [0.5, 0.6) is 0 Å². The Labute approximate surface area is 123 Å². The van der Waals surface area contributed by atoms with Crippen molar-refractivity contribution in [2.24, 2.45) is 5.92 Å². The molecule has 1 atom stereocenters. The lowest BCUT2D eigenvalue weighted by atomic mass is 9.96. The van der Waals surface area contributed by atoms with Crippen LogP contribution in [0.2, 0.25) is 0 Å². The molecule has 112 valence electrons. The first-order valence-electron chi connectivity index (χ1n) is 8.11. The van der Waals surface area contributed by atoms with E-state index in [1.54, 1.807) is 0 Å². The molecule has 0 radical (unpaired) electrons. The molecule has 1 unspecified atom stereocenters. The second-order valence-corrected chi connectivity index (χ2v) is 5.74. The van der Waals surface area contributed by atoms with Gasteiger partial charge in [0.1, 0.15) is 0 Å². The Bertz CT molecular complexity index is 377. The van der Waals surface area contributed by atoms with Gasteiger partial charge in [-0.1, -0.05) is 26.7 Å². The van der Waals surface area contributed by atoms with Crippen LogP contribution in [0.1, 0.15) is 51.6 Å². The standard InChI is InChI=1S/C16H28N4/c1-3-6-14-7-5-11-20(12-10-14)16-9-8-15(18-19-16)13-17-4-2/h8-9,14,17H,3-7,10-13H2,1-2H3. The van der Waals surface area contributed by atoms with Crippen molar-refractivity contribution in [3.8, 4) is 0 Å². The number of anilines is 1. The topological polar surface area (TPSA) is 41.0 Å². The molecule has 2 heterocycles. The average molecular weight is 276 g/mol. The fraction of sp³-hybridized carbons (Fsp3) is 0.750. The summed E-state index contributed by atoms with van der Waals surface area (Å²) < 4.78 is 0. The summed E-state index contributed by atoms with van der Waals surface area (Å²) in [7, 11) is 0. The molecule has 1 saturated heterocycles. The first-order chi connectivity index (χ1) is 9.83. The van der Waals surface area contributed by atoms with Crippen LogP contribution in [-0.4, -0.2) is 29.8 Å². The van der Waals surface area contributed by atoms with E-state index in [1.807, 2.05) is 0 Å². The molecular formula is C16H28N4. The molecule has 4 heteroatoms. The van der Waals surface area contributed by atoms with E-state index in [2.05, 4.69) is 46.4 Å². The van der Waals surface area contributed by atoms with Gasteiger partial charge in [-0.3, -0.25) is 0 Å². The van der Waals surface area contributed by atoms with Gasteiger partial charge in [0.15, 0.2) is 5.82 Å². The number of hydrogen-bond donors (Lipinski definition) is 1. The normalized spacial score (nSPS) is 19.9. The molecule has 0 aromatic carbocycles. The van der Waals surface area contributed by atoms with Gasteiger partial charge in [-0.2, -0.15) is 5.10 Å². The van der Waals surface area contributed by atoms with E-state index in [0.29, 0.717) is 0 Å². The number of aromatic nitrogens is 2. The lowest BCUT2D eigenvalue weighted by Crippen LogP contribution is -2.25. The summed E-state index contributed by atoms with van der Waals surface area (Å²) in [6.07, 6.45) is 6.64. The second kappa shape index (κ2) is 8.20. The maximum atomic E-state index is 4.40. The van der Waals surface area contributed by atoms with Gasteiger partial charge in [0, 0.05) is 19.6 Å². The Morgan fingerprint density at radius 1 is 1.20 bits per heavy atom. The van der Waals surface area contributed by atoms with E-state index >= 15 is 0 Å². The third-order valence-electron chi connectivity index (χ3n) is 4.13. The Morgan fingerprint density at radius 3 is 2.80 bits per heavy atom. The Hall–Kier alpha value is -1.16. The highest BCUT2D eigenvalue weighted by Gasteiger charge is 2.17. The zero-order chi connectivity index (χ0) is 14.2. The van der Waals surface area contributed by atoms with Crippen molar-refractivity contribution < 1.29 is 0 Å². The molecule has 1 fully saturated rings. The van der Waals surface area contributed by atoms with Gasteiger partial charge >= 0.3 is 0 Å². The van der Waals surface area contributed by atoms with Crippen molar-refractivity contribution in [3.63, 3.8) is 0 Å². The van der Waals surface area contributed by atoms with Crippen molar-refractivity contribution >= 4 is 5.82 Å². The summed E-state index contributed by atoms with van der Waals surface area (Å²) in [6.45, 7) is 8.42. The SMILES string of the molecule is CCCC1CCCN(c2ccc(CNCC)nn2)CC1. The summed E-state index contributed by atoms with van der Waals surface area (Å²) >= 11 is 0. The molecule has 1 N–H and O–H groups in total. The number of hydrogen-bond acceptors (Lipinski definition) is 4. The molecule has 1 aromatic heterocycles. The molecular weight excluding hydrogens is 248 g/mol. The van der Waals surface area contributed by atoms with Crippen LogP contribution >= 0.6 is 0 Å². The highest BCUT2D eigenvalue weighted by Crippen LogP contribution is 2.24. The van der Waals surface area contributed by atoms with E-state index in [9.17, 15) is 0 Å². The summed E-state index contributed by atoms with van der Waals surface area (Å²) in [5, 5.41) is 12.0. The highest BCUT2D eigenvalue weighted by molar-refractivity contribution is 5.37. The first-order valence-corrected chi connectivity index (χ1v) is 8.11. The van der Waals surface area contributed by atoms with Crippen molar-refractivity contribution in [2.75, 3.05) is 24.5 Å². The van der Waals surface area contributed by atoms with Crippen LogP contribution < -0.4 is 10.2 Å². The molecule has 2 rings (SSSR count). The molecule has 1 aliphatic heterocycles. The molecule has 0 aliphatic carbocycles. The van der Waals surface area contributed by atoms with Crippen LogP contribution in [-0.2, 0) is 6.54 Å². The van der Waals surface area contributed by atoms with E-state index in [-0.39, 0.29) is 0 Å². The minimum Gasteiger partial charge on any atom is -0.355 e. The lowest BCUT2D eigenvalue weighted by molar-refractivity contribution is 0.435. The molecule has 0 saturated carbocycles. The van der Waals surface area contributed by atoms with Gasteiger partial charge in [-0.15, -0.1) is 5.10 Å². The number of nitrogens with one attached hydrogen (secondary N) is 1. The monoisotopic (exact) mass is 276 g/mol. The van der Waals surface area contributed by atoms with Gasteiger partial charge in [-0.25, -0.2) is 0 Å². The summed E-state index contributed by atoms with van der Waals surface area (Å²) in [5.74, 6) is 1.95. The molecule has 1 aromatic rings. The lowest BCUT2D eigenvalue weighted by Gasteiger charge is -2.21. The van der Waals surface area contributed by atoms with E-state index in [1.165, 1.54) is 32.1 Å². The van der Waals surface area contributed by atoms with Crippen LogP contribution in [0.3, 0.4) is 0 Å². The minimum atomic E-state index is 0.808. The van der Waals surface area contributed by atoms with E-state index in [4.69, 9.17) is 0 Å². The minimum absolute atomic E-state index is 0.808. The average Bonchev–Trinajstić information content (AvgIpc) is 2.72. The van der Waals surface area contributed by atoms with Gasteiger partial charge in [0.2, 0.25) is 0 Å².